The van der Waals surface area contributed by atoms with Crippen LogP contribution >= 0.6 is 0 Å². The molecule has 4 aliphatic rings. The molecule has 0 N–H and O–H groups in total. The van der Waals surface area contributed by atoms with Crippen molar-refractivity contribution in [1.82, 2.24) is 4.90 Å². The molecule has 16 heavy (non-hydrogen) atoms. The van der Waals surface area contributed by atoms with Gasteiger partial charge in [-0.1, -0.05) is 0 Å². The largest absolute Gasteiger partial charge is 0.355 e. The van der Waals surface area contributed by atoms with Gasteiger partial charge in [-0.15, -0.1) is 0 Å². The summed E-state index contributed by atoms with van der Waals surface area (Å²) in [7, 11) is 0. The molecule has 2 saturated heterocycles. The third-order valence-corrected chi connectivity index (χ3v) is 5.51. The predicted octanol–water partition coefficient (Wildman–Crippen LogP) is 1.77. The van der Waals surface area contributed by atoms with E-state index in [1.165, 1.54) is 19.3 Å². The highest BCUT2D eigenvalue weighted by Crippen LogP contribution is 2.55. The molecule has 2 aliphatic carbocycles. The topological polar surface area (TPSA) is 29.5 Å². The van der Waals surface area contributed by atoms with E-state index in [0.29, 0.717) is 24.3 Å². The molecule has 4 fully saturated rings. The molecule has 4 rings (SSSR count). The van der Waals surface area contributed by atoms with Crippen molar-refractivity contribution in [2.24, 2.45) is 17.8 Å². The van der Waals surface area contributed by atoms with Gasteiger partial charge < -0.3 is 9.64 Å². The average molecular weight is 221 g/mol. The van der Waals surface area contributed by atoms with Gasteiger partial charge in [-0.2, -0.15) is 0 Å². The Kier molecular flexibility index (Phi) is 1.66. The number of fused-ring (bicyclic) bond motifs is 7. The molecule has 3 nitrogen and oxygen atoms in total. The Labute approximate surface area is 96.1 Å². The molecule has 2 aliphatic heterocycles. The molecule has 2 bridgehead atoms. The molecule has 0 spiro atoms. The van der Waals surface area contributed by atoms with Crippen LogP contribution in [0.5, 0.6) is 0 Å². The molecule has 0 aromatic rings. The van der Waals surface area contributed by atoms with Crippen LogP contribution in [0.3, 0.4) is 0 Å². The second-order valence-electron chi connectivity index (χ2n) is 6.24. The summed E-state index contributed by atoms with van der Waals surface area (Å²) < 4.78 is 6.03. The van der Waals surface area contributed by atoms with E-state index in [2.05, 4.69) is 11.8 Å². The lowest BCUT2D eigenvalue weighted by molar-refractivity contribution is -0.208. The Morgan fingerprint density at radius 2 is 2.19 bits per heavy atom. The first-order valence-corrected chi connectivity index (χ1v) is 6.65. The monoisotopic (exact) mass is 221 g/mol. The number of amides is 1. The van der Waals surface area contributed by atoms with Crippen LogP contribution < -0.4 is 0 Å². The van der Waals surface area contributed by atoms with Crippen molar-refractivity contribution in [3.63, 3.8) is 0 Å². The van der Waals surface area contributed by atoms with E-state index in [9.17, 15) is 4.79 Å². The highest BCUT2D eigenvalue weighted by atomic mass is 16.5. The first-order chi connectivity index (χ1) is 7.69. The maximum atomic E-state index is 12.1. The SMILES string of the molecule is C[C@@]12CCC(=O)N1[C@@H]1[C@@H]3CC[C@@H](C3)[C@@H]1CO2. The van der Waals surface area contributed by atoms with Crippen LogP contribution in [0, 0.1) is 17.8 Å². The third kappa shape index (κ3) is 0.963. The van der Waals surface area contributed by atoms with Crippen LogP contribution in [0.2, 0.25) is 0 Å². The summed E-state index contributed by atoms with van der Waals surface area (Å²) in [6, 6.07) is 0.521. The molecule has 88 valence electrons. The second kappa shape index (κ2) is 2.81. The van der Waals surface area contributed by atoms with Gasteiger partial charge in [0.05, 0.1) is 6.61 Å². The van der Waals surface area contributed by atoms with Gasteiger partial charge in [0.15, 0.2) is 0 Å². The van der Waals surface area contributed by atoms with Crippen molar-refractivity contribution in [2.75, 3.05) is 6.61 Å². The summed E-state index contributed by atoms with van der Waals surface area (Å²) >= 11 is 0. The molecule has 0 unspecified atom stereocenters. The van der Waals surface area contributed by atoms with Gasteiger partial charge in [0.2, 0.25) is 5.91 Å². The van der Waals surface area contributed by atoms with Crippen LogP contribution in [0.1, 0.15) is 39.0 Å². The Balaban J connectivity index is 1.74. The minimum Gasteiger partial charge on any atom is -0.355 e. The van der Waals surface area contributed by atoms with Crippen LogP contribution in [-0.4, -0.2) is 29.2 Å². The molecule has 3 heteroatoms. The van der Waals surface area contributed by atoms with Gasteiger partial charge >= 0.3 is 0 Å². The van der Waals surface area contributed by atoms with Crippen molar-refractivity contribution >= 4 is 5.91 Å². The zero-order valence-corrected chi connectivity index (χ0v) is 9.82. The smallest absolute Gasteiger partial charge is 0.225 e. The molecule has 5 atom stereocenters. The van der Waals surface area contributed by atoms with E-state index in [-0.39, 0.29) is 5.72 Å². The highest BCUT2D eigenvalue weighted by molar-refractivity contribution is 5.80. The molecule has 2 saturated carbocycles. The Morgan fingerprint density at radius 1 is 1.38 bits per heavy atom. The van der Waals surface area contributed by atoms with Crippen LogP contribution in [0.15, 0.2) is 0 Å². The number of carbonyl (C=O) groups excluding carboxylic acids is 1. The zero-order chi connectivity index (χ0) is 10.9. The molecular formula is C13H19NO2. The molecule has 0 aromatic heterocycles. The molecular weight excluding hydrogens is 202 g/mol. The lowest BCUT2D eigenvalue weighted by Crippen LogP contribution is -2.60. The fourth-order valence-electron chi connectivity index (χ4n) is 4.76. The fraction of sp³-hybridized carbons (Fsp3) is 0.923. The van der Waals surface area contributed by atoms with E-state index < -0.39 is 0 Å². The van der Waals surface area contributed by atoms with Crippen LogP contribution in [-0.2, 0) is 9.53 Å². The number of hydrogen-bond acceptors (Lipinski definition) is 2. The standard InChI is InChI=1S/C13H19NO2/c1-13-5-4-11(15)14(13)12-9-3-2-8(6-9)10(12)7-16-13/h8-10,12H,2-7H2,1H3/t8-,9+,10-,12+,13+/m0/s1. The van der Waals surface area contributed by atoms with Gasteiger partial charge in [-0.05, 0) is 38.0 Å². The van der Waals surface area contributed by atoms with Gasteiger partial charge in [-0.25, -0.2) is 0 Å². The maximum absolute atomic E-state index is 12.1. The number of carbonyl (C=O) groups is 1. The van der Waals surface area contributed by atoms with E-state index in [1.807, 2.05) is 0 Å². The summed E-state index contributed by atoms with van der Waals surface area (Å²) in [6.45, 7) is 3.01. The highest BCUT2D eigenvalue weighted by Gasteiger charge is 2.60. The molecule has 1 amide bonds. The summed E-state index contributed by atoms with van der Waals surface area (Å²) in [6.07, 6.45) is 5.64. The van der Waals surface area contributed by atoms with Gasteiger partial charge in [0.25, 0.3) is 0 Å². The normalized spacial score (nSPS) is 54.3. The number of hydrogen-bond donors (Lipinski definition) is 0. The minimum absolute atomic E-state index is 0.261. The van der Waals surface area contributed by atoms with Crippen molar-refractivity contribution in [1.29, 1.82) is 0 Å². The second-order valence-corrected chi connectivity index (χ2v) is 6.24. The minimum atomic E-state index is -0.261. The predicted molar refractivity (Wildman–Crippen MR) is 58.5 cm³/mol. The van der Waals surface area contributed by atoms with Crippen LogP contribution in [0.4, 0.5) is 0 Å². The van der Waals surface area contributed by atoms with Crippen molar-refractivity contribution in [3.8, 4) is 0 Å². The first-order valence-electron chi connectivity index (χ1n) is 6.65. The van der Waals surface area contributed by atoms with Gasteiger partial charge in [0.1, 0.15) is 5.72 Å². The Hall–Kier alpha value is -0.570. The van der Waals surface area contributed by atoms with E-state index in [0.717, 1.165) is 24.9 Å². The van der Waals surface area contributed by atoms with Crippen molar-refractivity contribution < 1.29 is 9.53 Å². The number of ether oxygens (including phenoxy) is 1. The summed E-state index contributed by atoms with van der Waals surface area (Å²) in [5.74, 6) is 2.60. The fourth-order valence-corrected chi connectivity index (χ4v) is 4.76. The molecule has 0 aromatic carbocycles. The summed E-state index contributed by atoms with van der Waals surface area (Å²) in [5.41, 5.74) is -0.261. The van der Waals surface area contributed by atoms with Crippen molar-refractivity contribution in [2.45, 2.75) is 50.8 Å². The van der Waals surface area contributed by atoms with Gasteiger partial charge in [0, 0.05) is 24.8 Å². The van der Waals surface area contributed by atoms with Crippen LogP contribution in [0.25, 0.3) is 0 Å². The molecule has 2 heterocycles. The first kappa shape index (κ1) is 9.46. The molecule has 0 radical (unpaired) electrons. The summed E-state index contributed by atoms with van der Waals surface area (Å²) in [5, 5.41) is 0. The average Bonchev–Trinajstić information content (AvgIpc) is 2.92. The van der Waals surface area contributed by atoms with E-state index in [1.54, 1.807) is 0 Å². The lowest BCUT2D eigenvalue weighted by Gasteiger charge is -2.50. The van der Waals surface area contributed by atoms with Crippen molar-refractivity contribution in [3.05, 3.63) is 0 Å². The zero-order valence-electron chi connectivity index (χ0n) is 9.82. The summed E-state index contributed by atoms with van der Waals surface area (Å²) in [4.78, 5) is 14.2. The quantitative estimate of drug-likeness (QED) is 0.624. The lowest BCUT2D eigenvalue weighted by atomic mass is 9.82. The maximum Gasteiger partial charge on any atom is 0.225 e. The van der Waals surface area contributed by atoms with Gasteiger partial charge in [-0.3, -0.25) is 4.79 Å². The number of nitrogens with zero attached hydrogens (tertiary/aromatic N) is 1. The van der Waals surface area contributed by atoms with E-state index >= 15 is 0 Å². The van der Waals surface area contributed by atoms with E-state index in [4.69, 9.17) is 4.74 Å². The number of rotatable bonds is 0. The Morgan fingerprint density at radius 3 is 3.06 bits per heavy atom. The Bertz CT molecular complexity index is 356. The third-order valence-electron chi connectivity index (χ3n) is 5.51.